The van der Waals surface area contributed by atoms with Crippen LogP contribution in [-0.4, -0.2) is 36.5 Å². The number of amides is 1. The van der Waals surface area contributed by atoms with E-state index in [0.717, 1.165) is 55.8 Å². The molecule has 0 radical (unpaired) electrons. The van der Waals surface area contributed by atoms with E-state index in [4.69, 9.17) is 4.74 Å². The highest BCUT2D eigenvalue weighted by atomic mass is 19.1. The number of carbonyl (C=O) groups excluding carboxylic acids is 1. The molecule has 1 saturated heterocycles. The first kappa shape index (κ1) is 21.8. The minimum atomic E-state index is -0.575. The average molecular weight is 425 g/mol. The Morgan fingerprint density at radius 1 is 1.06 bits per heavy atom. The van der Waals surface area contributed by atoms with Crippen LogP contribution in [0.15, 0.2) is 48.5 Å². The average Bonchev–Trinajstić information content (AvgIpc) is 3.28. The fourth-order valence-electron chi connectivity index (χ4n) is 5.05. The van der Waals surface area contributed by atoms with Gasteiger partial charge in [0.05, 0.1) is 5.41 Å². The van der Waals surface area contributed by atoms with Gasteiger partial charge in [-0.3, -0.25) is 9.69 Å². The van der Waals surface area contributed by atoms with Crippen molar-refractivity contribution in [2.45, 2.75) is 63.3 Å². The first-order chi connectivity index (χ1) is 15.1. The SMILES string of the molecule is C[C@@H]1CCCCN1CCOc1ccc(NC(=O)C2(c3ccc(F)cc3)CCCC2)cc1. The molecule has 1 N–H and O–H groups in total. The highest BCUT2D eigenvalue weighted by Gasteiger charge is 2.42. The molecule has 0 unspecified atom stereocenters. The van der Waals surface area contributed by atoms with E-state index in [1.807, 2.05) is 24.3 Å². The predicted molar refractivity (Wildman–Crippen MR) is 122 cm³/mol. The molecule has 1 aliphatic carbocycles. The van der Waals surface area contributed by atoms with E-state index in [1.54, 1.807) is 12.1 Å². The summed E-state index contributed by atoms with van der Waals surface area (Å²) in [6.45, 7) is 5.06. The quantitative estimate of drug-likeness (QED) is 0.635. The Balaban J connectivity index is 1.34. The van der Waals surface area contributed by atoms with Crippen LogP contribution in [0.3, 0.4) is 0 Å². The molecule has 1 aliphatic heterocycles. The third-order valence-electron chi connectivity index (χ3n) is 6.99. The number of piperidine rings is 1. The first-order valence-corrected chi connectivity index (χ1v) is 11.6. The fraction of sp³-hybridized carbons (Fsp3) is 0.500. The molecule has 0 spiro atoms. The molecule has 166 valence electrons. The Kier molecular flexibility index (Phi) is 6.91. The van der Waals surface area contributed by atoms with Crippen molar-refractivity contribution in [3.8, 4) is 5.75 Å². The Morgan fingerprint density at radius 3 is 2.45 bits per heavy atom. The standard InChI is InChI=1S/C26H33FN2O2/c1-20-6-2-5-17-29(20)18-19-31-24-13-11-23(12-14-24)28-25(30)26(15-3-4-16-26)21-7-9-22(27)10-8-21/h7-14,20H,2-6,15-19H2,1H3,(H,28,30)/t20-/m1/s1. The lowest BCUT2D eigenvalue weighted by atomic mass is 9.78. The highest BCUT2D eigenvalue weighted by Crippen LogP contribution is 2.42. The number of hydrogen-bond donors (Lipinski definition) is 1. The summed E-state index contributed by atoms with van der Waals surface area (Å²) in [6, 6.07) is 14.6. The fourth-order valence-corrected chi connectivity index (χ4v) is 5.05. The van der Waals surface area contributed by atoms with Crippen LogP contribution in [0, 0.1) is 5.82 Å². The maximum atomic E-state index is 13.4. The molecule has 1 saturated carbocycles. The molecule has 4 nitrogen and oxygen atoms in total. The van der Waals surface area contributed by atoms with Gasteiger partial charge < -0.3 is 10.1 Å². The van der Waals surface area contributed by atoms with E-state index in [1.165, 1.54) is 31.4 Å². The van der Waals surface area contributed by atoms with Gasteiger partial charge in [0.2, 0.25) is 5.91 Å². The van der Waals surface area contributed by atoms with Crippen molar-refractivity contribution >= 4 is 11.6 Å². The molecule has 2 aliphatic rings. The van der Waals surface area contributed by atoms with Crippen molar-refractivity contribution in [2.75, 3.05) is 25.0 Å². The van der Waals surface area contributed by atoms with Gasteiger partial charge in [0, 0.05) is 18.3 Å². The van der Waals surface area contributed by atoms with Crippen LogP contribution in [0.4, 0.5) is 10.1 Å². The summed E-state index contributed by atoms with van der Waals surface area (Å²) in [5.74, 6) is 0.531. The predicted octanol–water partition coefficient (Wildman–Crippen LogP) is 5.53. The Bertz CT molecular complexity index is 860. The minimum absolute atomic E-state index is 0.00985. The Hall–Kier alpha value is -2.40. The van der Waals surface area contributed by atoms with E-state index in [2.05, 4.69) is 17.1 Å². The number of carbonyl (C=O) groups is 1. The second-order valence-electron chi connectivity index (χ2n) is 9.00. The number of likely N-dealkylation sites (tertiary alicyclic amines) is 1. The lowest BCUT2D eigenvalue weighted by Crippen LogP contribution is -2.39. The number of benzene rings is 2. The number of hydrogen-bond acceptors (Lipinski definition) is 3. The summed E-state index contributed by atoms with van der Waals surface area (Å²) in [5, 5.41) is 3.08. The topological polar surface area (TPSA) is 41.6 Å². The molecule has 4 rings (SSSR count). The summed E-state index contributed by atoms with van der Waals surface area (Å²) in [4.78, 5) is 15.7. The third kappa shape index (κ3) is 5.09. The number of anilines is 1. The first-order valence-electron chi connectivity index (χ1n) is 11.6. The summed E-state index contributed by atoms with van der Waals surface area (Å²) in [6.07, 6.45) is 7.47. The second kappa shape index (κ2) is 9.82. The number of nitrogens with one attached hydrogen (secondary N) is 1. The number of rotatable bonds is 7. The van der Waals surface area contributed by atoms with Crippen molar-refractivity contribution < 1.29 is 13.9 Å². The minimum Gasteiger partial charge on any atom is -0.492 e. The lowest BCUT2D eigenvalue weighted by molar-refractivity contribution is -0.121. The van der Waals surface area contributed by atoms with Gasteiger partial charge in [-0.1, -0.05) is 31.4 Å². The van der Waals surface area contributed by atoms with Crippen LogP contribution in [0.5, 0.6) is 5.75 Å². The van der Waals surface area contributed by atoms with Gasteiger partial charge in [-0.25, -0.2) is 4.39 Å². The third-order valence-corrected chi connectivity index (χ3v) is 6.99. The van der Waals surface area contributed by atoms with Crippen LogP contribution < -0.4 is 10.1 Å². The lowest BCUT2D eigenvalue weighted by Gasteiger charge is -2.33. The largest absolute Gasteiger partial charge is 0.492 e. The maximum Gasteiger partial charge on any atom is 0.235 e. The van der Waals surface area contributed by atoms with Crippen molar-refractivity contribution in [3.05, 3.63) is 59.9 Å². The zero-order chi connectivity index (χ0) is 21.7. The van der Waals surface area contributed by atoms with Gasteiger partial charge in [-0.15, -0.1) is 0 Å². The molecule has 2 aromatic carbocycles. The maximum absolute atomic E-state index is 13.4. The molecule has 1 heterocycles. The van der Waals surface area contributed by atoms with Crippen molar-refractivity contribution in [1.29, 1.82) is 0 Å². The van der Waals surface area contributed by atoms with Crippen molar-refractivity contribution in [3.63, 3.8) is 0 Å². The molecule has 2 aromatic rings. The van der Waals surface area contributed by atoms with E-state index in [9.17, 15) is 9.18 Å². The summed E-state index contributed by atoms with van der Waals surface area (Å²) >= 11 is 0. The van der Waals surface area contributed by atoms with Crippen LogP contribution in [0.1, 0.15) is 57.4 Å². The highest BCUT2D eigenvalue weighted by molar-refractivity contribution is 5.99. The van der Waals surface area contributed by atoms with Crippen molar-refractivity contribution in [1.82, 2.24) is 4.90 Å². The van der Waals surface area contributed by atoms with Crippen molar-refractivity contribution in [2.24, 2.45) is 0 Å². The monoisotopic (exact) mass is 424 g/mol. The van der Waals surface area contributed by atoms with Gasteiger partial charge in [-0.2, -0.15) is 0 Å². The zero-order valence-electron chi connectivity index (χ0n) is 18.4. The smallest absolute Gasteiger partial charge is 0.235 e. The summed E-state index contributed by atoms with van der Waals surface area (Å²) < 4.78 is 19.3. The Labute approximate surface area is 184 Å². The molecule has 0 aromatic heterocycles. The molecule has 1 amide bonds. The summed E-state index contributed by atoms with van der Waals surface area (Å²) in [7, 11) is 0. The van der Waals surface area contributed by atoms with Crippen LogP contribution >= 0.6 is 0 Å². The Morgan fingerprint density at radius 2 is 1.77 bits per heavy atom. The van der Waals surface area contributed by atoms with E-state index in [0.29, 0.717) is 12.6 Å². The van der Waals surface area contributed by atoms with E-state index >= 15 is 0 Å². The second-order valence-corrected chi connectivity index (χ2v) is 9.00. The van der Waals surface area contributed by atoms with Gasteiger partial charge >= 0.3 is 0 Å². The van der Waals surface area contributed by atoms with Gasteiger partial charge in [0.25, 0.3) is 0 Å². The molecule has 5 heteroatoms. The zero-order valence-corrected chi connectivity index (χ0v) is 18.4. The molecule has 1 atom stereocenters. The molecule has 0 bridgehead atoms. The van der Waals surface area contributed by atoms with Crippen LogP contribution in [0.2, 0.25) is 0 Å². The van der Waals surface area contributed by atoms with Crippen LogP contribution in [0.25, 0.3) is 0 Å². The van der Waals surface area contributed by atoms with E-state index < -0.39 is 5.41 Å². The van der Waals surface area contributed by atoms with Gasteiger partial charge in [0.15, 0.2) is 0 Å². The van der Waals surface area contributed by atoms with Gasteiger partial charge in [-0.05, 0) is 81.1 Å². The molecular formula is C26H33FN2O2. The molecular weight excluding hydrogens is 391 g/mol. The number of ether oxygens (including phenoxy) is 1. The normalized spacial score (nSPS) is 21.0. The number of nitrogens with zero attached hydrogens (tertiary/aromatic N) is 1. The van der Waals surface area contributed by atoms with E-state index in [-0.39, 0.29) is 11.7 Å². The summed E-state index contributed by atoms with van der Waals surface area (Å²) in [5.41, 5.74) is 1.08. The molecule has 2 fully saturated rings. The molecule has 31 heavy (non-hydrogen) atoms. The van der Waals surface area contributed by atoms with Crippen LogP contribution in [-0.2, 0) is 10.2 Å². The van der Waals surface area contributed by atoms with Gasteiger partial charge in [0.1, 0.15) is 18.2 Å². The number of halogens is 1.